The molecule has 1 unspecified atom stereocenters. The van der Waals surface area contributed by atoms with Crippen molar-refractivity contribution in [1.82, 2.24) is 10.2 Å². The normalized spacial score (nSPS) is 15.6. The Kier molecular flexibility index (Phi) is 7.33. The number of benzene rings is 1. The monoisotopic (exact) mass is 351 g/mol. The van der Waals surface area contributed by atoms with E-state index in [1.54, 1.807) is 21.3 Å². The summed E-state index contributed by atoms with van der Waals surface area (Å²) in [6, 6.07) is 3.23. The predicted octanol–water partition coefficient (Wildman–Crippen LogP) is 1.14. The molecular formula is C18H29N3O4. The van der Waals surface area contributed by atoms with Gasteiger partial charge in [-0.2, -0.15) is 0 Å². The molecule has 1 aromatic rings. The summed E-state index contributed by atoms with van der Waals surface area (Å²) < 4.78 is 16.0. The molecule has 1 aromatic carbocycles. The topological polar surface area (TPSA) is 86.0 Å². The minimum atomic E-state index is -0.528. The van der Waals surface area contributed by atoms with Crippen molar-refractivity contribution in [3.8, 4) is 17.2 Å². The fourth-order valence-electron chi connectivity index (χ4n) is 3.05. The second kappa shape index (κ2) is 9.48. The molecule has 2 rings (SSSR count). The number of carbonyl (C=O) groups is 1. The number of piperidine rings is 1. The standard InChI is InChI=1S/C18H29N3O4/c1-23-15-9-13(10-16(24-2)17(15)25-3)11-20-12-14(19)18(22)21-7-5-4-6-8-21/h9-10,14,20H,4-8,11-12,19H2,1-3H3. The molecule has 0 aromatic heterocycles. The summed E-state index contributed by atoms with van der Waals surface area (Å²) in [6.07, 6.45) is 3.33. The van der Waals surface area contributed by atoms with Gasteiger partial charge >= 0.3 is 0 Å². The van der Waals surface area contributed by atoms with Crippen LogP contribution in [0.4, 0.5) is 0 Å². The molecule has 140 valence electrons. The number of nitrogens with zero attached hydrogens (tertiary/aromatic N) is 1. The van der Waals surface area contributed by atoms with Gasteiger partial charge in [-0.05, 0) is 37.0 Å². The van der Waals surface area contributed by atoms with Crippen LogP contribution in [0.15, 0.2) is 12.1 Å². The quantitative estimate of drug-likeness (QED) is 0.730. The second-order valence-electron chi connectivity index (χ2n) is 6.16. The van der Waals surface area contributed by atoms with Crippen molar-refractivity contribution in [2.24, 2.45) is 5.73 Å². The highest BCUT2D eigenvalue weighted by atomic mass is 16.5. The Bertz CT molecular complexity index is 548. The maximum atomic E-state index is 12.3. The molecule has 0 bridgehead atoms. The summed E-state index contributed by atoms with van der Waals surface area (Å²) in [5.41, 5.74) is 7.01. The van der Waals surface area contributed by atoms with Gasteiger partial charge in [-0.1, -0.05) is 0 Å². The van der Waals surface area contributed by atoms with Gasteiger partial charge in [0.1, 0.15) is 0 Å². The minimum absolute atomic E-state index is 0.0251. The maximum Gasteiger partial charge on any atom is 0.240 e. The summed E-state index contributed by atoms with van der Waals surface area (Å²) in [5.74, 6) is 1.79. The highest BCUT2D eigenvalue weighted by molar-refractivity contribution is 5.82. The lowest BCUT2D eigenvalue weighted by molar-refractivity contribution is -0.133. The largest absolute Gasteiger partial charge is 0.493 e. The number of rotatable bonds is 8. The Morgan fingerprint density at radius 2 is 1.72 bits per heavy atom. The first-order valence-electron chi connectivity index (χ1n) is 8.64. The van der Waals surface area contributed by atoms with E-state index in [4.69, 9.17) is 19.9 Å². The molecule has 7 nitrogen and oxygen atoms in total. The second-order valence-corrected chi connectivity index (χ2v) is 6.16. The highest BCUT2D eigenvalue weighted by Crippen LogP contribution is 2.38. The van der Waals surface area contributed by atoms with Crippen molar-refractivity contribution < 1.29 is 19.0 Å². The zero-order valence-electron chi connectivity index (χ0n) is 15.3. The van der Waals surface area contributed by atoms with Crippen LogP contribution in [0.25, 0.3) is 0 Å². The molecule has 0 aliphatic carbocycles. The Morgan fingerprint density at radius 3 is 2.24 bits per heavy atom. The summed E-state index contributed by atoms with van der Waals surface area (Å²) in [4.78, 5) is 14.2. The molecule has 1 atom stereocenters. The van der Waals surface area contributed by atoms with Crippen molar-refractivity contribution in [3.63, 3.8) is 0 Å². The average molecular weight is 351 g/mol. The van der Waals surface area contributed by atoms with Crippen LogP contribution in [0.5, 0.6) is 17.2 Å². The first-order valence-corrected chi connectivity index (χ1v) is 8.64. The van der Waals surface area contributed by atoms with Crippen LogP contribution in [-0.4, -0.2) is 57.8 Å². The molecule has 1 fully saturated rings. The van der Waals surface area contributed by atoms with Crippen LogP contribution in [0, 0.1) is 0 Å². The molecule has 3 N–H and O–H groups in total. The smallest absolute Gasteiger partial charge is 0.240 e. The molecule has 7 heteroatoms. The Balaban J connectivity index is 1.91. The van der Waals surface area contributed by atoms with E-state index in [1.165, 1.54) is 6.42 Å². The fourth-order valence-corrected chi connectivity index (χ4v) is 3.05. The Hall–Kier alpha value is -1.99. The van der Waals surface area contributed by atoms with Crippen LogP contribution in [0.1, 0.15) is 24.8 Å². The predicted molar refractivity (Wildman–Crippen MR) is 96.2 cm³/mol. The molecule has 1 aliphatic heterocycles. The number of ether oxygens (including phenoxy) is 3. The number of hydrogen-bond acceptors (Lipinski definition) is 6. The zero-order chi connectivity index (χ0) is 18.2. The molecule has 1 heterocycles. The third-order valence-electron chi connectivity index (χ3n) is 4.40. The van der Waals surface area contributed by atoms with Gasteiger partial charge in [0.25, 0.3) is 0 Å². The van der Waals surface area contributed by atoms with Crippen molar-refractivity contribution in [3.05, 3.63) is 17.7 Å². The van der Waals surface area contributed by atoms with E-state index < -0.39 is 6.04 Å². The van der Waals surface area contributed by atoms with Crippen molar-refractivity contribution in [2.75, 3.05) is 41.0 Å². The highest BCUT2D eigenvalue weighted by Gasteiger charge is 2.22. The summed E-state index contributed by atoms with van der Waals surface area (Å²) in [7, 11) is 4.74. The number of likely N-dealkylation sites (tertiary alicyclic amines) is 1. The van der Waals surface area contributed by atoms with Gasteiger partial charge in [-0.15, -0.1) is 0 Å². The van der Waals surface area contributed by atoms with Gasteiger partial charge < -0.3 is 30.2 Å². The van der Waals surface area contributed by atoms with E-state index in [-0.39, 0.29) is 5.91 Å². The molecule has 1 saturated heterocycles. The first-order chi connectivity index (χ1) is 12.1. The van der Waals surface area contributed by atoms with Crippen molar-refractivity contribution in [2.45, 2.75) is 31.8 Å². The van der Waals surface area contributed by atoms with Gasteiger partial charge in [0.05, 0.1) is 27.4 Å². The first kappa shape index (κ1) is 19.3. The Morgan fingerprint density at radius 1 is 1.12 bits per heavy atom. The lowest BCUT2D eigenvalue weighted by Crippen LogP contribution is -2.50. The van der Waals surface area contributed by atoms with Crippen LogP contribution >= 0.6 is 0 Å². The van der Waals surface area contributed by atoms with E-state index >= 15 is 0 Å². The third kappa shape index (κ3) is 4.99. The number of carbonyl (C=O) groups excluding carboxylic acids is 1. The number of hydrogen-bond donors (Lipinski definition) is 2. The van der Waals surface area contributed by atoms with E-state index in [1.807, 2.05) is 17.0 Å². The summed E-state index contributed by atoms with van der Waals surface area (Å²) >= 11 is 0. The number of nitrogens with one attached hydrogen (secondary N) is 1. The molecule has 1 aliphatic rings. The van der Waals surface area contributed by atoms with Crippen LogP contribution in [0.2, 0.25) is 0 Å². The van der Waals surface area contributed by atoms with Gasteiger partial charge in [-0.3, -0.25) is 4.79 Å². The molecule has 25 heavy (non-hydrogen) atoms. The van der Waals surface area contributed by atoms with E-state index in [2.05, 4.69) is 5.32 Å². The fraction of sp³-hybridized carbons (Fsp3) is 0.611. The number of nitrogens with two attached hydrogens (primary N) is 1. The molecule has 0 radical (unpaired) electrons. The Labute approximate surface area is 149 Å². The lowest BCUT2D eigenvalue weighted by atomic mass is 10.1. The molecule has 0 spiro atoms. The van der Waals surface area contributed by atoms with Crippen LogP contribution < -0.4 is 25.3 Å². The zero-order valence-corrected chi connectivity index (χ0v) is 15.3. The molecule has 1 amide bonds. The summed E-state index contributed by atoms with van der Waals surface area (Å²) in [6.45, 7) is 2.61. The SMILES string of the molecule is COc1cc(CNCC(N)C(=O)N2CCCCC2)cc(OC)c1OC. The lowest BCUT2D eigenvalue weighted by Gasteiger charge is -2.29. The van der Waals surface area contributed by atoms with Gasteiger partial charge in [0, 0.05) is 26.2 Å². The van der Waals surface area contributed by atoms with E-state index in [0.717, 1.165) is 31.5 Å². The van der Waals surface area contributed by atoms with Crippen LogP contribution in [-0.2, 0) is 11.3 Å². The molecule has 0 saturated carbocycles. The van der Waals surface area contributed by atoms with Gasteiger partial charge in [-0.25, -0.2) is 0 Å². The number of methoxy groups -OCH3 is 3. The summed E-state index contributed by atoms with van der Waals surface area (Å²) in [5, 5.41) is 3.24. The van der Waals surface area contributed by atoms with Crippen molar-refractivity contribution >= 4 is 5.91 Å². The van der Waals surface area contributed by atoms with Crippen molar-refractivity contribution in [1.29, 1.82) is 0 Å². The van der Waals surface area contributed by atoms with Crippen LogP contribution in [0.3, 0.4) is 0 Å². The van der Waals surface area contributed by atoms with Gasteiger partial charge in [0.15, 0.2) is 11.5 Å². The minimum Gasteiger partial charge on any atom is -0.493 e. The average Bonchev–Trinajstić information content (AvgIpc) is 2.66. The maximum absolute atomic E-state index is 12.3. The number of amides is 1. The van der Waals surface area contributed by atoms with E-state index in [0.29, 0.717) is 30.3 Å². The van der Waals surface area contributed by atoms with E-state index in [9.17, 15) is 4.79 Å². The third-order valence-corrected chi connectivity index (χ3v) is 4.40. The van der Waals surface area contributed by atoms with Gasteiger partial charge in [0.2, 0.25) is 11.7 Å². The molecular weight excluding hydrogens is 322 g/mol.